The van der Waals surface area contributed by atoms with Gasteiger partial charge in [-0.3, -0.25) is 14.4 Å². The lowest BCUT2D eigenvalue weighted by Crippen LogP contribution is -2.59. The van der Waals surface area contributed by atoms with Gasteiger partial charge in [0.15, 0.2) is 0 Å². The number of para-hydroxylation sites is 1. The van der Waals surface area contributed by atoms with E-state index in [0.29, 0.717) is 12.8 Å². The quantitative estimate of drug-likeness (QED) is 0.246. The molecule has 2 bridgehead atoms. The van der Waals surface area contributed by atoms with Crippen LogP contribution in [0.4, 0.5) is 5.69 Å². The molecular formula is C32H37BrN2O6. The first-order chi connectivity index (χ1) is 19.7. The van der Waals surface area contributed by atoms with Crippen LogP contribution < -0.4 is 4.90 Å². The molecule has 0 radical (unpaired) electrons. The zero-order valence-corrected chi connectivity index (χ0v) is 25.2. The number of hydrogen-bond acceptors (Lipinski definition) is 6. The molecule has 8 nitrogen and oxygen atoms in total. The molecule has 41 heavy (non-hydrogen) atoms. The van der Waals surface area contributed by atoms with E-state index >= 15 is 0 Å². The second-order valence-electron chi connectivity index (χ2n) is 11.2. The predicted octanol–water partition coefficient (Wildman–Crippen LogP) is 3.74. The highest BCUT2D eigenvalue weighted by Crippen LogP contribution is 2.61. The zero-order chi connectivity index (χ0) is 29.5. The Bertz CT molecular complexity index is 1310. The second-order valence-corrected chi connectivity index (χ2v) is 12.3. The Balaban J connectivity index is 1.65. The van der Waals surface area contributed by atoms with E-state index in [1.54, 1.807) is 17.9 Å². The molecule has 2 amide bonds. The second kappa shape index (κ2) is 11.7. The van der Waals surface area contributed by atoms with Gasteiger partial charge in [-0.05, 0) is 50.3 Å². The number of rotatable bonds is 10. The molecule has 2 aromatic rings. The SMILES string of the molecule is C=CCN(C(=O)C1N([C@@H](CO)Cc2ccccc2)C(=O)[C@@H]2[C@H](C(=O)OCC)[C@H]3OC12CC3Br)c1c(C)cccc1C. The summed E-state index contributed by atoms with van der Waals surface area (Å²) < 4.78 is 12.0. The largest absolute Gasteiger partial charge is 0.466 e. The minimum atomic E-state index is -1.26. The Hall–Kier alpha value is -3.01. The van der Waals surface area contributed by atoms with Crippen LogP contribution >= 0.6 is 15.9 Å². The fourth-order valence-electron chi connectivity index (χ4n) is 7.18. The number of likely N-dealkylation sites (tertiary alicyclic amines) is 1. The predicted molar refractivity (Wildman–Crippen MR) is 159 cm³/mol. The highest BCUT2D eigenvalue weighted by molar-refractivity contribution is 9.09. The van der Waals surface area contributed by atoms with E-state index in [-0.39, 0.29) is 36.4 Å². The molecule has 1 spiro atoms. The Morgan fingerprint density at radius 1 is 1.22 bits per heavy atom. The van der Waals surface area contributed by atoms with Crippen molar-refractivity contribution in [1.29, 1.82) is 0 Å². The molecule has 3 aliphatic heterocycles. The van der Waals surface area contributed by atoms with Crippen LogP contribution in [-0.2, 0) is 30.3 Å². The van der Waals surface area contributed by atoms with Crippen molar-refractivity contribution in [2.75, 3.05) is 24.7 Å². The monoisotopic (exact) mass is 624 g/mol. The van der Waals surface area contributed by atoms with Crippen molar-refractivity contribution in [3.63, 3.8) is 0 Å². The number of esters is 1. The number of aryl methyl sites for hydroxylation is 2. The van der Waals surface area contributed by atoms with E-state index in [1.165, 1.54) is 4.90 Å². The molecule has 3 unspecified atom stereocenters. The van der Waals surface area contributed by atoms with Gasteiger partial charge in [-0.25, -0.2) is 0 Å². The number of benzene rings is 2. The molecule has 0 saturated carbocycles. The van der Waals surface area contributed by atoms with Gasteiger partial charge in [-0.15, -0.1) is 6.58 Å². The molecule has 3 heterocycles. The van der Waals surface area contributed by atoms with Crippen molar-refractivity contribution >= 4 is 39.4 Å². The fraction of sp³-hybridized carbons (Fsp3) is 0.469. The minimum Gasteiger partial charge on any atom is -0.466 e. The van der Waals surface area contributed by atoms with E-state index in [2.05, 4.69) is 22.5 Å². The van der Waals surface area contributed by atoms with Crippen LogP contribution in [0.25, 0.3) is 0 Å². The zero-order valence-electron chi connectivity index (χ0n) is 23.7. The lowest BCUT2D eigenvalue weighted by molar-refractivity contribution is -0.155. The number of amides is 2. The Labute approximate surface area is 249 Å². The smallest absolute Gasteiger partial charge is 0.312 e. The van der Waals surface area contributed by atoms with Gasteiger partial charge in [-0.2, -0.15) is 0 Å². The Morgan fingerprint density at radius 2 is 1.90 bits per heavy atom. The number of nitrogens with zero attached hydrogens (tertiary/aromatic N) is 2. The van der Waals surface area contributed by atoms with E-state index < -0.39 is 41.6 Å². The molecule has 3 aliphatic rings. The number of hydrogen-bond donors (Lipinski definition) is 1. The lowest BCUT2D eigenvalue weighted by atomic mass is 9.70. The standard InChI is InChI=1S/C32H37BrN2O6/c1-5-15-34(26-19(3)11-10-12-20(26)4)30(38)28-32-17-23(33)27(41-32)24(31(39)40-6-2)25(32)29(37)35(28)22(18-36)16-21-13-8-7-9-14-21/h5,7-14,22-25,27-28,36H,1,6,15-18H2,2-4H3/t22-,23?,24+,25+,27+,28?,32?/m1/s1. The number of carbonyl (C=O) groups is 3. The molecule has 7 atom stereocenters. The molecular weight excluding hydrogens is 588 g/mol. The van der Waals surface area contributed by atoms with Crippen LogP contribution in [0.1, 0.15) is 30.0 Å². The van der Waals surface area contributed by atoms with Crippen LogP contribution in [0, 0.1) is 25.7 Å². The number of ether oxygens (including phenoxy) is 2. The molecule has 3 fully saturated rings. The van der Waals surface area contributed by atoms with E-state index in [4.69, 9.17) is 9.47 Å². The first-order valence-electron chi connectivity index (χ1n) is 14.1. The van der Waals surface area contributed by atoms with Crippen LogP contribution in [0.2, 0.25) is 0 Å². The van der Waals surface area contributed by atoms with Gasteiger partial charge in [0.2, 0.25) is 5.91 Å². The first-order valence-corrected chi connectivity index (χ1v) is 15.1. The number of fused-ring (bicyclic) bond motifs is 1. The molecule has 9 heteroatoms. The highest BCUT2D eigenvalue weighted by Gasteiger charge is 2.77. The van der Waals surface area contributed by atoms with Crippen LogP contribution in [-0.4, -0.2) is 76.2 Å². The molecule has 0 aromatic heterocycles. The van der Waals surface area contributed by atoms with Gasteiger partial charge in [0, 0.05) is 17.1 Å². The average molecular weight is 626 g/mol. The highest BCUT2D eigenvalue weighted by atomic mass is 79.9. The number of halogens is 1. The van der Waals surface area contributed by atoms with Gasteiger partial charge in [-0.1, -0.05) is 70.5 Å². The third kappa shape index (κ3) is 4.81. The number of aliphatic hydroxyl groups excluding tert-OH is 1. The van der Waals surface area contributed by atoms with E-state index in [1.807, 2.05) is 62.4 Å². The van der Waals surface area contributed by atoms with Crippen molar-refractivity contribution in [3.05, 3.63) is 77.9 Å². The Morgan fingerprint density at radius 3 is 2.51 bits per heavy atom. The van der Waals surface area contributed by atoms with Gasteiger partial charge in [0.25, 0.3) is 5.91 Å². The summed E-state index contributed by atoms with van der Waals surface area (Å²) in [5.41, 5.74) is 2.23. The van der Waals surface area contributed by atoms with Gasteiger partial charge < -0.3 is 24.4 Å². The topological polar surface area (TPSA) is 96.4 Å². The summed E-state index contributed by atoms with van der Waals surface area (Å²) in [5, 5.41) is 10.7. The van der Waals surface area contributed by atoms with Crippen LogP contribution in [0.15, 0.2) is 61.2 Å². The summed E-state index contributed by atoms with van der Waals surface area (Å²) in [4.78, 5) is 45.6. The lowest BCUT2D eigenvalue weighted by Gasteiger charge is -2.40. The molecule has 0 aliphatic carbocycles. The molecule has 1 N–H and O–H groups in total. The molecule has 218 valence electrons. The van der Waals surface area contributed by atoms with E-state index in [0.717, 1.165) is 22.4 Å². The van der Waals surface area contributed by atoms with Crippen molar-refractivity contribution in [2.24, 2.45) is 11.8 Å². The van der Waals surface area contributed by atoms with Gasteiger partial charge in [0.1, 0.15) is 11.6 Å². The summed E-state index contributed by atoms with van der Waals surface area (Å²) in [6, 6.07) is 13.6. The number of anilines is 1. The molecule has 5 rings (SSSR count). The van der Waals surface area contributed by atoms with Crippen LogP contribution in [0.5, 0.6) is 0 Å². The first kappa shape index (κ1) is 29.5. The number of aliphatic hydroxyl groups is 1. The summed E-state index contributed by atoms with van der Waals surface area (Å²) in [5.74, 6) is -2.95. The minimum absolute atomic E-state index is 0.169. The average Bonchev–Trinajstić information content (AvgIpc) is 3.55. The maximum Gasteiger partial charge on any atom is 0.312 e. The van der Waals surface area contributed by atoms with Crippen molar-refractivity contribution < 1.29 is 29.0 Å². The van der Waals surface area contributed by atoms with Crippen LogP contribution in [0.3, 0.4) is 0 Å². The van der Waals surface area contributed by atoms with E-state index in [9.17, 15) is 19.5 Å². The normalized spacial score (nSPS) is 28.9. The van der Waals surface area contributed by atoms with Crippen molar-refractivity contribution in [3.8, 4) is 0 Å². The third-order valence-electron chi connectivity index (χ3n) is 8.73. The third-order valence-corrected chi connectivity index (χ3v) is 9.57. The van der Waals surface area contributed by atoms with Crippen molar-refractivity contribution in [2.45, 2.75) is 62.2 Å². The van der Waals surface area contributed by atoms with Gasteiger partial charge in [0.05, 0.1) is 37.2 Å². The molecule has 2 aromatic carbocycles. The maximum atomic E-state index is 14.9. The fourth-order valence-corrected chi connectivity index (χ4v) is 8.13. The summed E-state index contributed by atoms with van der Waals surface area (Å²) in [7, 11) is 0. The number of carbonyl (C=O) groups excluding carboxylic acids is 3. The Kier molecular flexibility index (Phi) is 8.41. The summed E-state index contributed by atoms with van der Waals surface area (Å²) in [6.45, 7) is 9.54. The maximum absolute atomic E-state index is 14.9. The summed E-state index contributed by atoms with van der Waals surface area (Å²) >= 11 is 3.69. The summed E-state index contributed by atoms with van der Waals surface area (Å²) in [6.07, 6.45) is 1.77. The van der Waals surface area contributed by atoms with Gasteiger partial charge >= 0.3 is 5.97 Å². The number of alkyl halides is 1. The molecule has 3 saturated heterocycles. The van der Waals surface area contributed by atoms with Crippen molar-refractivity contribution in [1.82, 2.24) is 4.90 Å².